The van der Waals surface area contributed by atoms with Gasteiger partial charge in [-0.15, -0.1) is 0 Å². The molecule has 21 heavy (non-hydrogen) atoms. The summed E-state index contributed by atoms with van der Waals surface area (Å²) >= 11 is 1.45. The molecule has 0 aromatic heterocycles. The number of hydrogen-bond donors (Lipinski definition) is 4. The second-order valence-electron chi connectivity index (χ2n) is 5.51. The van der Waals surface area contributed by atoms with Crippen molar-refractivity contribution in [1.29, 1.82) is 0 Å². The molecule has 1 unspecified atom stereocenters. The molecule has 0 saturated carbocycles. The first-order valence-corrected chi connectivity index (χ1v) is 8.13. The van der Waals surface area contributed by atoms with Gasteiger partial charge in [-0.3, -0.25) is 19.6 Å². The zero-order chi connectivity index (χ0) is 16.6. The number of rotatable bonds is 10. The summed E-state index contributed by atoms with van der Waals surface area (Å²) in [5.41, 5.74) is 10.9. The standard InChI is InChI=1S/C13H25N3O4S/c1-8(2)6-9(7-10(17)16-20)11(18)13(15,12(14)19)4-5-21-3/h8-9,20H,4-7,15H2,1-3H3,(H2,14,19)(H,16,17)/t9?,13-/m1/s1. The molecule has 0 saturated heterocycles. The Labute approximate surface area is 129 Å². The molecule has 0 aliphatic rings. The van der Waals surface area contributed by atoms with Crippen LogP contribution in [0.2, 0.25) is 0 Å². The van der Waals surface area contributed by atoms with Crippen molar-refractivity contribution in [2.75, 3.05) is 12.0 Å². The van der Waals surface area contributed by atoms with Crippen molar-refractivity contribution < 1.29 is 19.6 Å². The van der Waals surface area contributed by atoms with Crippen LogP contribution < -0.4 is 16.9 Å². The predicted molar refractivity (Wildman–Crippen MR) is 81.6 cm³/mol. The van der Waals surface area contributed by atoms with Crippen LogP contribution >= 0.6 is 11.8 Å². The first kappa shape index (κ1) is 19.9. The van der Waals surface area contributed by atoms with Crippen LogP contribution in [0.1, 0.15) is 33.1 Å². The molecule has 2 atom stereocenters. The summed E-state index contributed by atoms with van der Waals surface area (Å²) in [5.74, 6) is -2.24. The first-order valence-electron chi connectivity index (χ1n) is 6.74. The fourth-order valence-electron chi connectivity index (χ4n) is 2.12. The van der Waals surface area contributed by atoms with E-state index in [1.54, 1.807) is 0 Å². The largest absolute Gasteiger partial charge is 0.368 e. The van der Waals surface area contributed by atoms with E-state index in [4.69, 9.17) is 16.7 Å². The van der Waals surface area contributed by atoms with E-state index in [-0.39, 0.29) is 18.8 Å². The molecule has 0 spiro atoms. The maximum absolute atomic E-state index is 12.6. The number of hydroxylamine groups is 1. The van der Waals surface area contributed by atoms with E-state index in [2.05, 4.69) is 0 Å². The summed E-state index contributed by atoms with van der Waals surface area (Å²) in [6.07, 6.45) is 2.12. The maximum Gasteiger partial charge on any atom is 0.245 e. The minimum Gasteiger partial charge on any atom is -0.368 e. The number of ketones is 1. The fraction of sp³-hybridized carbons (Fsp3) is 0.769. The molecule has 0 heterocycles. The van der Waals surface area contributed by atoms with E-state index in [1.807, 2.05) is 20.1 Å². The van der Waals surface area contributed by atoms with Crippen LogP contribution in [0.25, 0.3) is 0 Å². The van der Waals surface area contributed by atoms with Gasteiger partial charge >= 0.3 is 0 Å². The Morgan fingerprint density at radius 3 is 2.29 bits per heavy atom. The molecule has 7 nitrogen and oxygen atoms in total. The SMILES string of the molecule is CSCC[C@](N)(C(N)=O)C(=O)C(CC(=O)NO)CC(C)C. The number of nitrogens with one attached hydrogen (secondary N) is 1. The van der Waals surface area contributed by atoms with Gasteiger partial charge in [-0.05, 0) is 30.8 Å². The van der Waals surface area contributed by atoms with Crippen LogP contribution in [-0.4, -0.2) is 40.4 Å². The van der Waals surface area contributed by atoms with E-state index < -0.39 is 29.1 Å². The topological polar surface area (TPSA) is 136 Å². The Hall–Kier alpha value is -1.12. The second-order valence-corrected chi connectivity index (χ2v) is 6.49. The number of carbonyl (C=O) groups excluding carboxylic acids is 3. The van der Waals surface area contributed by atoms with Crippen LogP contribution in [0, 0.1) is 11.8 Å². The number of primary amides is 1. The number of nitrogens with two attached hydrogens (primary N) is 2. The molecule has 0 bridgehead atoms. The van der Waals surface area contributed by atoms with Crippen molar-refractivity contribution in [3.63, 3.8) is 0 Å². The Morgan fingerprint density at radius 2 is 1.90 bits per heavy atom. The van der Waals surface area contributed by atoms with Crippen molar-refractivity contribution in [1.82, 2.24) is 5.48 Å². The van der Waals surface area contributed by atoms with E-state index >= 15 is 0 Å². The minimum absolute atomic E-state index is 0.123. The minimum atomic E-state index is -1.78. The highest BCUT2D eigenvalue weighted by atomic mass is 32.2. The molecule has 122 valence electrons. The van der Waals surface area contributed by atoms with E-state index in [0.29, 0.717) is 12.2 Å². The lowest BCUT2D eigenvalue weighted by Crippen LogP contribution is -2.60. The normalized spacial score (nSPS) is 15.3. The van der Waals surface area contributed by atoms with E-state index in [1.165, 1.54) is 17.2 Å². The Morgan fingerprint density at radius 1 is 1.33 bits per heavy atom. The summed E-state index contributed by atoms with van der Waals surface area (Å²) in [5, 5.41) is 8.62. The van der Waals surface area contributed by atoms with Gasteiger partial charge in [-0.1, -0.05) is 13.8 Å². The molecule has 0 rings (SSSR count). The quantitative estimate of drug-likeness (QED) is 0.255. The summed E-state index contributed by atoms with van der Waals surface area (Å²) in [6, 6.07) is 0. The third kappa shape index (κ3) is 6.03. The molecule has 8 heteroatoms. The first-order chi connectivity index (χ1) is 9.68. The van der Waals surface area contributed by atoms with Gasteiger partial charge in [0.2, 0.25) is 11.8 Å². The van der Waals surface area contributed by atoms with Gasteiger partial charge in [0, 0.05) is 12.3 Å². The smallest absolute Gasteiger partial charge is 0.245 e. The molecule has 0 aliphatic heterocycles. The predicted octanol–water partition coefficient (Wildman–Crippen LogP) is 0.0492. The molecular weight excluding hydrogens is 294 g/mol. The van der Waals surface area contributed by atoms with Crippen LogP contribution in [0.3, 0.4) is 0 Å². The highest BCUT2D eigenvalue weighted by molar-refractivity contribution is 7.98. The lowest BCUT2D eigenvalue weighted by atomic mass is 9.78. The zero-order valence-corrected chi connectivity index (χ0v) is 13.5. The van der Waals surface area contributed by atoms with Gasteiger partial charge in [0.25, 0.3) is 0 Å². The van der Waals surface area contributed by atoms with Crippen molar-refractivity contribution in [2.24, 2.45) is 23.3 Å². The monoisotopic (exact) mass is 319 g/mol. The number of thioether (sulfide) groups is 1. The number of amides is 2. The Balaban J connectivity index is 5.27. The van der Waals surface area contributed by atoms with Gasteiger partial charge in [0.1, 0.15) is 0 Å². The lowest BCUT2D eigenvalue weighted by Gasteiger charge is -2.29. The van der Waals surface area contributed by atoms with Crippen LogP contribution in [0.5, 0.6) is 0 Å². The summed E-state index contributed by atoms with van der Waals surface area (Å²) in [6.45, 7) is 3.78. The maximum atomic E-state index is 12.6. The molecule has 2 amide bonds. The highest BCUT2D eigenvalue weighted by Gasteiger charge is 2.43. The molecular formula is C13H25N3O4S. The van der Waals surface area contributed by atoms with Crippen molar-refractivity contribution in [2.45, 2.75) is 38.6 Å². The molecule has 0 aromatic carbocycles. The molecule has 0 aromatic rings. The van der Waals surface area contributed by atoms with Crippen molar-refractivity contribution >= 4 is 29.4 Å². The fourth-order valence-corrected chi connectivity index (χ4v) is 2.64. The van der Waals surface area contributed by atoms with Crippen molar-refractivity contribution in [3.8, 4) is 0 Å². The van der Waals surface area contributed by atoms with Gasteiger partial charge in [0.05, 0.1) is 0 Å². The van der Waals surface area contributed by atoms with Crippen LogP contribution in [0.4, 0.5) is 0 Å². The van der Waals surface area contributed by atoms with Gasteiger partial charge in [0.15, 0.2) is 11.3 Å². The molecule has 0 radical (unpaired) electrons. The Bertz CT molecular complexity index is 390. The number of hydrogen-bond acceptors (Lipinski definition) is 6. The van der Waals surface area contributed by atoms with E-state index in [9.17, 15) is 14.4 Å². The second kappa shape index (κ2) is 9.01. The average Bonchev–Trinajstić information content (AvgIpc) is 2.42. The van der Waals surface area contributed by atoms with Crippen LogP contribution in [-0.2, 0) is 14.4 Å². The Kier molecular flexibility index (Phi) is 8.53. The number of carbonyl (C=O) groups is 3. The van der Waals surface area contributed by atoms with Gasteiger partial charge in [-0.2, -0.15) is 11.8 Å². The summed E-state index contributed by atoms with van der Waals surface area (Å²) in [7, 11) is 0. The molecule has 6 N–H and O–H groups in total. The third-order valence-electron chi connectivity index (χ3n) is 3.26. The zero-order valence-electron chi connectivity index (χ0n) is 12.7. The number of Topliss-reactive ketones (excluding diaryl/α,β-unsaturated/α-hetero) is 1. The summed E-state index contributed by atoms with van der Waals surface area (Å²) in [4.78, 5) is 35.6. The van der Waals surface area contributed by atoms with Gasteiger partial charge < -0.3 is 11.5 Å². The highest BCUT2D eigenvalue weighted by Crippen LogP contribution is 2.24. The lowest BCUT2D eigenvalue weighted by molar-refractivity contribution is -0.140. The average molecular weight is 319 g/mol. The van der Waals surface area contributed by atoms with Gasteiger partial charge in [-0.25, -0.2) is 5.48 Å². The molecule has 0 fully saturated rings. The molecule has 0 aliphatic carbocycles. The van der Waals surface area contributed by atoms with Crippen LogP contribution in [0.15, 0.2) is 0 Å². The summed E-state index contributed by atoms with van der Waals surface area (Å²) < 4.78 is 0. The third-order valence-corrected chi connectivity index (χ3v) is 3.88. The van der Waals surface area contributed by atoms with Crippen molar-refractivity contribution in [3.05, 3.63) is 0 Å². The van der Waals surface area contributed by atoms with E-state index in [0.717, 1.165) is 0 Å².